The first-order chi connectivity index (χ1) is 9.22. The van der Waals surface area contributed by atoms with Gasteiger partial charge in [0.25, 0.3) is 0 Å². The van der Waals surface area contributed by atoms with E-state index in [-0.39, 0.29) is 5.82 Å². The van der Waals surface area contributed by atoms with E-state index >= 15 is 0 Å². The Kier molecular flexibility index (Phi) is 3.30. The van der Waals surface area contributed by atoms with E-state index in [0.29, 0.717) is 12.1 Å². The van der Waals surface area contributed by atoms with Crippen LogP contribution in [0.25, 0.3) is 10.8 Å². The molecule has 3 aromatic rings. The summed E-state index contributed by atoms with van der Waals surface area (Å²) in [4.78, 5) is 0. The number of nitrogens with zero attached hydrogens (tertiary/aromatic N) is 1. The van der Waals surface area contributed by atoms with Crippen LogP contribution in [0, 0.1) is 5.82 Å². The summed E-state index contributed by atoms with van der Waals surface area (Å²) < 4.78 is 16.6. The minimum Gasteiger partial charge on any atom is -0.206 e. The van der Waals surface area contributed by atoms with Crippen molar-refractivity contribution in [2.75, 3.05) is 0 Å². The van der Waals surface area contributed by atoms with Gasteiger partial charge >= 0.3 is 0 Å². The summed E-state index contributed by atoms with van der Waals surface area (Å²) in [5.41, 5.74) is 0.684. The van der Waals surface area contributed by atoms with Crippen molar-refractivity contribution >= 4 is 26.7 Å². The molecule has 0 aliphatic carbocycles. The maximum absolute atomic E-state index is 13.8. The third kappa shape index (κ3) is 2.66. The lowest BCUT2D eigenvalue weighted by Crippen LogP contribution is -2.33. The first-order valence-corrected chi connectivity index (χ1v) is 6.83. The Morgan fingerprint density at radius 3 is 2.58 bits per heavy atom. The molecule has 0 aliphatic heterocycles. The summed E-state index contributed by atoms with van der Waals surface area (Å²) in [6.45, 7) is 0.532. The fraction of sp³-hybridized carbons (Fsp3) is 0.0625. The molecule has 0 fully saturated rings. The first-order valence-electron chi connectivity index (χ1n) is 6.04. The van der Waals surface area contributed by atoms with Gasteiger partial charge in [-0.25, -0.2) is 8.96 Å². The third-order valence-electron chi connectivity index (χ3n) is 3.11. The van der Waals surface area contributed by atoms with E-state index in [1.165, 1.54) is 11.5 Å². The van der Waals surface area contributed by atoms with Gasteiger partial charge < -0.3 is 0 Å². The van der Waals surface area contributed by atoms with Crippen molar-refractivity contribution in [1.29, 1.82) is 0 Å². The number of pyridine rings is 1. The highest BCUT2D eigenvalue weighted by molar-refractivity contribution is 9.10. The van der Waals surface area contributed by atoms with Crippen LogP contribution in [-0.4, -0.2) is 0 Å². The highest BCUT2D eigenvalue weighted by atomic mass is 79.9. The largest absolute Gasteiger partial charge is 0.206 e. The second-order valence-electron chi connectivity index (χ2n) is 4.48. The smallest absolute Gasteiger partial charge is 0.176 e. The molecule has 0 saturated heterocycles. The minimum atomic E-state index is -0.185. The third-order valence-corrected chi connectivity index (χ3v) is 3.61. The van der Waals surface area contributed by atoms with E-state index in [2.05, 4.69) is 28.1 Å². The standard InChI is InChI=1S/C16H12BrFN/c17-15-6-5-14(16(18)9-15)11-19-8-7-12-3-1-2-4-13(12)10-19/h1-10H,11H2/q+1. The Labute approximate surface area is 119 Å². The zero-order chi connectivity index (χ0) is 13.2. The van der Waals surface area contributed by atoms with Crippen LogP contribution in [-0.2, 0) is 6.54 Å². The number of fused-ring (bicyclic) bond motifs is 1. The molecule has 1 nitrogen and oxygen atoms in total. The summed E-state index contributed by atoms with van der Waals surface area (Å²) in [5, 5.41) is 2.34. The Morgan fingerprint density at radius 1 is 1.00 bits per heavy atom. The molecule has 1 heterocycles. The molecule has 19 heavy (non-hydrogen) atoms. The van der Waals surface area contributed by atoms with Crippen molar-refractivity contribution in [1.82, 2.24) is 0 Å². The van der Waals surface area contributed by atoms with Crippen molar-refractivity contribution in [3.63, 3.8) is 0 Å². The van der Waals surface area contributed by atoms with Crippen LogP contribution in [0.1, 0.15) is 5.56 Å². The second-order valence-corrected chi connectivity index (χ2v) is 5.40. The normalized spacial score (nSPS) is 10.8. The Bertz CT molecular complexity index is 740. The fourth-order valence-corrected chi connectivity index (χ4v) is 2.46. The molecule has 1 aromatic heterocycles. The summed E-state index contributed by atoms with van der Waals surface area (Å²) in [5.74, 6) is -0.185. The summed E-state index contributed by atoms with van der Waals surface area (Å²) >= 11 is 3.27. The Morgan fingerprint density at radius 2 is 1.79 bits per heavy atom. The molecular weight excluding hydrogens is 305 g/mol. The average molecular weight is 317 g/mol. The highest BCUT2D eigenvalue weighted by Gasteiger charge is 2.09. The lowest BCUT2D eigenvalue weighted by molar-refractivity contribution is -0.687. The van der Waals surface area contributed by atoms with Crippen LogP contribution in [0.5, 0.6) is 0 Å². The van der Waals surface area contributed by atoms with Crippen LogP contribution in [0.15, 0.2) is 65.4 Å². The number of hydrogen-bond acceptors (Lipinski definition) is 0. The second kappa shape index (κ2) is 5.10. The molecule has 0 radical (unpaired) electrons. The molecule has 3 heteroatoms. The highest BCUT2D eigenvalue weighted by Crippen LogP contribution is 2.15. The molecule has 0 aliphatic rings. The van der Waals surface area contributed by atoms with Crippen LogP contribution < -0.4 is 4.57 Å². The lowest BCUT2D eigenvalue weighted by Gasteiger charge is -2.02. The number of halogens is 2. The summed E-state index contributed by atoms with van der Waals surface area (Å²) in [6.07, 6.45) is 4.01. The number of hydrogen-bond donors (Lipinski definition) is 0. The van der Waals surface area contributed by atoms with Crippen LogP contribution in [0.4, 0.5) is 4.39 Å². The van der Waals surface area contributed by atoms with Gasteiger partial charge in [0.1, 0.15) is 5.82 Å². The van der Waals surface area contributed by atoms with Gasteiger partial charge in [-0.2, -0.15) is 0 Å². The quantitative estimate of drug-likeness (QED) is 0.627. The monoisotopic (exact) mass is 316 g/mol. The SMILES string of the molecule is Fc1cc(Br)ccc1C[n+]1ccc2ccccc2c1. The van der Waals surface area contributed by atoms with Gasteiger partial charge in [-0.05, 0) is 29.7 Å². The van der Waals surface area contributed by atoms with Gasteiger partial charge in [-0.3, -0.25) is 0 Å². The Balaban J connectivity index is 1.96. The molecular formula is C16H12BrFN+. The van der Waals surface area contributed by atoms with Gasteiger partial charge in [0, 0.05) is 15.9 Å². The van der Waals surface area contributed by atoms with E-state index in [9.17, 15) is 4.39 Å². The molecule has 0 amide bonds. The van der Waals surface area contributed by atoms with Crippen molar-refractivity contribution in [2.45, 2.75) is 6.54 Å². The molecule has 0 saturated carbocycles. The molecule has 0 bridgehead atoms. The van der Waals surface area contributed by atoms with E-state index in [1.54, 1.807) is 0 Å². The van der Waals surface area contributed by atoms with Gasteiger partial charge in [0.2, 0.25) is 0 Å². The minimum absolute atomic E-state index is 0.185. The van der Waals surface area contributed by atoms with Crippen LogP contribution in [0.2, 0.25) is 0 Å². The predicted molar refractivity (Wildman–Crippen MR) is 77.3 cm³/mol. The van der Waals surface area contributed by atoms with E-state index in [1.807, 2.05) is 47.3 Å². The lowest BCUT2D eigenvalue weighted by atomic mass is 10.1. The average Bonchev–Trinajstić information content (AvgIpc) is 2.42. The predicted octanol–water partition coefficient (Wildman–Crippen LogP) is 4.08. The van der Waals surface area contributed by atoms with E-state index in [4.69, 9.17) is 0 Å². The molecule has 0 N–H and O–H groups in total. The topological polar surface area (TPSA) is 3.88 Å². The fourth-order valence-electron chi connectivity index (χ4n) is 2.12. The van der Waals surface area contributed by atoms with Crippen molar-refractivity contribution < 1.29 is 8.96 Å². The molecule has 3 rings (SSSR count). The summed E-state index contributed by atoms with van der Waals surface area (Å²) in [7, 11) is 0. The summed E-state index contributed by atoms with van der Waals surface area (Å²) in [6, 6.07) is 15.4. The maximum Gasteiger partial charge on any atom is 0.176 e. The van der Waals surface area contributed by atoms with Crippen LogP contribution in [0.3, 0.4) is 0 Å². The van der Waals surface area contributed by atoms with Crippen LogP contribution >= 0.6 is 15.9 Å². The molecule has 0 atom stereocenters. The number of benzene rings is 2. The van der Waals surface area contributed by atoms with Crippen molar-refractivity contribution in [2.24, 2.45) is 0 Å². The van der Waals surface area contributed by atoms with Gasteiger partial charge in [0.15, 0.2) is 18.9 Å². The zero-order valence-electron chi connectivity index (χ0n) is 10.2. The first kappa shape index (κ1) is 12.3. The molecule has 94 valence electrons. The maximum atomic E-state index is 13.8. The van der Waals surface area contributed by atoms with Gasteiger partial charge in [-0.15, -0.1) is 0 Å². The molecule has 0 spiro atoms. The molecule has 2 aromatic carbocycles. The zero-order valence-corrected chi connectivity index (χ0v) is 11.8. The van der Waals surface area contributed by atoms with Crippen molar-refractivity contribution in [3.8, 4) is 0 Å². The number of aromatic nitrogens is 1. The van der Waals surface area contributed by atoms with Crippen molar-refractivity contribution in [3.05, 3.63) is 76.8 Å². The van der Waals surface area contributed by atoms with Gasteiger partial charge in [-0.1, -0.05) is 34.1 Å². The van der Waals surface area contributed by atoms with E-state index in [0.717, 1.165) is 9.86 Å². The van der Waals surface area contributed by atoms with E-state index < -0.39 is 0 Å². The Hall–Kier alpha value is -1.74. The molecule has 0 unspecified atom stereocenters. The van der Waals surface area contributed by atoms with Gasteiger partial charge in [0.05, 0.1) is 5.56 Å². The number of rotatable bonds is 2.